The summed E-state index contributed by atoms with van der Waals surface area (Å²) in [5, 5.41) is 10.9. The molecule has 0 unspecified atom stereocenters. The standard InChI is InChI=1S/C13H9ClF2N2O4S/c1-7-4-10(16)13(6-12(7)18(19)20)23(21,22)17-11-3-2-8(14)5-9(11)15/h2-6,17H,1H3. The number of nitrogens with one attached hydrogen (secondary N) is 1. The summed E-state index contributed by atoms with van der Waals surface area (Å²) in [5.74, 6) is -2.15. The molecule has 0 aromatic heterocycles. The smallest absolute Gasteiger partial charge is 0.273 e. The van der Waals surface area contributed by atoms with Crippen molar-refractivity contribution in [1.29, 1.82) is 0 Å². The van der Waals surface area contributed by atoms with E-state index in [2.05, 4.69) is 0 Å². The first kappa shape index (κ1) is 17.1. The predicted octanol–water partition coefficient (Wildman–Crippen LogP) is 3.64. The Bertz CT molecular complexity index is 903. The molecule has 0 bridgehead atoms. The van der Waals surface area contributed by atoms with Gasteiger partial charge < -0.3 is 0 Å². The SMILES string of the molecule is Cc1cc(F)c(S(=O)(=O)Nc2ccc(Cl)cc2F)cc1[N+](=O)[O-]. The molecule has 2 aromatic rings. The highest BCUT2D eigenvalue weighted by molar-refractivity contribution is 7.92. The molecule has 6 nitrogen and oxygen atoms in total. The summed E-state index contributed by atoms with van der Waals surface area (Å²) in [6.07, 6.45) is 0. The molecule has 0 atom stereocenters. The van der Waals surface area contributed by atoms with Crippen molar-refractivity contribution in [2.75, 3.05) is 4.72 Å². The highest BCUT2D eigenvalue weighted by Gasteiger charge is 2.25. The van der Waals surface area contributed by atoms with Crippen LogP contribution < -0.4 is 4.72 Å². The zero-order chi connectivity index (χ0) is 17.4. The molecule has 0 saturated carbocycles. The molecule has 23 heavy (non-hydrogen) atoms. The molecule has 0 aliphatic carbocycles. The van der Waals surface area contributed by atoms with Crippen molar-refractivity contribution in [3.63, 3.8) is 0 Å². The maximum atomic E-state index is 13.9. The summed E-state index contributed by atoms with van der Waals surface area (Å²) in [6.45, 7) is 1.27. The number of rotatable bonds is 4. The number of hydrogen-bond acceptors (Lipinski definition) is 4. The van der Waals surface area contributed by atoms with Gasteiger partial charge in [0.1, 0.15) is 16.5 Å². The topological polar surface area (TPSA) is 89.3 Å². The first-order valence-electron chi connectivity index (χ1n) is 6.04. The molecule has 0 amide bonds. The van der Waals surface area contributed by atoms with Crippen LogP contribution >= 0.6 is 11.6 Å². The van der Waals surface area contributed by atoms with Gasteiger partial charge in [-0.05, 0) is 31.2 Å². The number of halogens is 3. The second-order valence-electron chi connectivity index (χ2n) is 4.56. The number of hydrogen-bond donors (Lipinski definition) is 1. The van der Waals surface area contributed by atoms with Crippen LogP contribution in [0.1, 0.15) is 5.56 Å². The summed E-state index contributed by atoms with van der Waals surface area (Å²) in [7, 11) is -4.56. The summed E-state index contributed by atoms with van der Waals surface area (Å²) in [6, 6.07) is 4.46. The average Bonchev–Trinajstić information content (AvgIpc) is 2.41. The fourth-order valence-electron chi connectivity index (χ4n) is 1.82. The molecule has 0 spiro atoms. The molecule has 122 valence electrons. The Labute approximate surface area is 134 Å². The molecule has 2 rings (SSSR count). The van der Waals surface area contributed by atoms with Crippen LogP contribution in [0.4, 0.5) is 20.2 Å². The van der Waals surface area contributed by atoms with Crippen LogP contribution in [0.2, 0.25) is 5.02 Å². The zero-order valence-electron chi connectivity index (χ0n) is 11.5. The molecule has 0 heterocycles. The third kappa shape index (κ3) is 3.57. The highest BCUT2D eigenvalue weighted by atomic mass is 35.5. The second-order valence-corrected chi connectivity index (χ2v) is 6.64. The molecular weight excluding hydrogens is 354 g/mol. The Morgan fingerprint density at radius 1 is 1.17 bits per heavy atom. The lowest BCUT2D eigenvalue weighted by Crippen LogP contribution is -2.16. The van der Waals surface area contributed by atoms with Gasteiger partial charge in [0.15, 0.2) is 0 Å². The molecule has 1 N–H and O–H groups in total. The maximum absolute atomic E-state index is 13.9. The van der Waals surface area contributed by atoms with Gasteiger partial charge in [-0.1, -0.05) is 11.6 Å². The lowest BCUT2D eigenvalue weighted by atomic mass is 10.2. The zero-order valence-corrected chi connectivity index (χ0v) is 13.1. The molecular formula is C13H9ClF2N2O4S. The van der Waals surface area contributed by atoms with Crippen molar-refractivity contribution in [3.8, 4) is 0 Å². The number of anilines is 1. The number of aryl methyl sites for hydroxylation is 1. The maximum Gasteiger partial charge on any atom is 0.273 e. The number of nitrogens with zero attached hydrogens (tertiary/aromatic N) is 1. The molecule has 0 fully saturated rings. The van der Waals surface area contributed by atoms with Crippen molar-refractivity contribution < 1.29 is 22.1 Å². The van der Waals surface area contributed by atoms with Gasteiger partial charge in [0.25, 0.3) is 15.7 Å². The van der Waals surface area contributed by atoms with Gasteiger partial charge in [0.2, 0.25) is 0 Å². The van der Waals surface area contributed by atoms with Crippen molar-refractivity contribution in [1.82, 2.24) is 0 Å². The van der Waals surface area contributed by atoms with E-state index in [1.54, 1.807) is 0 Å². The lowest BCUT2D eigenvalue weighted by molar-refractivity contribution is -0.385. The Kier molecular flexibility index (Phi) is 4.53. The number of benzene rings is 2. The molecule has 0 radical (unpaired) electrons. The van der Waals surface area contributed by atoms with E-state index < -0.39 is 42.9 Å². The minimum Gasteiger partial charge on any atom is -0.277 e. The normalized spacial score (nSPS) is 11.3. The Balaban J connectivity index is 2.51. The van der Waals surface area contributed by atoms with Gasteiger partial charge in [-0.15, -0.1) is 0 Å². The summed E-state index contributed by atoms with van der Waals surface area (Å²) in [5.41, 5.74) is -1.07. The minimum atomic E-state index is -4.56. The Morgan fingerprint density at radius 2 is 1.83 bits per heavy atom. The summed E-state index contributed by atoms with van der Waals surface area (Å²) in [4.78, 5) is 9.06. The van der Waals surface area contributed by atoms with Gasteiger partial charge in [0.05, 0.1) is 10.6 Å². The van der Waals surface area contributed by atoms with Gasteiger partial charge in [-0.25, -0.2) is 17.2 Å². The van der Waals surface area contributed by atoms with Crippen molar-refractivity contribution in [2.45, 2.75) is 11.8 Å². The average molecular weight is 363 g/mol. The van der Waals surface area contributed by atoms with Crippen LogP contribution in [-0.4, -0.2) is 13.3 Å². The van der Waals surface area contributed by atoms with E-state index in [9.17, 15) is 27.3 Å². The van der Waals surface area contributed by atoms with Gasteiger partial charge in [-0.2, -0.15) is 0 Å². The highest BCUT2D eigenvalue weighted by Crippen LogP contribution is 2.28. The largest absolute Gasteiger partial charge is 0.277 e. The third-order valence-corrected chi connectivity index (χ3v) is 4.53. The van der Waals surface area contributed by atoms with E-state index in [0.29, 0.717) is 6.07 Å². The lowest BCUT2D eigenvalue weighted by Gasteiger charge is -2.10. The molecule has 2 aromatic carbocycles. The van der Waals surface area contributed by atoms with E-state index >= 15 is 0 Å². The summed E-state index contributed by atoms with van der Waals surface area (Å²) < 4.78 is 53.7. The van der Waals surface area contributed by atoms with Crippen LogP contribution in [0.3, 0.4) is 0 Å². The third-order valence-electron chi connectivity index (χ3n) is 2.91. The predicted molar refractivity (Wildman–Crippen MR) is 80.0 cm³/mol. The summed E-state index contributed by atoms with van der Waals surface area (Å²) >= 11 is 5.55. The van der Waals surface area contributed by atoms with Crippen molar-refractivity contribution >= 4 is 33.0 Å². The molecule has 0 aliphatic heterocycles. The van der Waals surface area contributed by atoms with Crippen LogP contribution in [0.15, 0.2) is 35.2 Å². The van der Waals surface area contributed by atoms with Crippen LogP contribution in [-0.2, 0) is 10.0 Å². The second kappa shape index (κ2) is 6.09. The van der Waals surface area contributed by atoms with Gasteiger partial charge in [0, 0.05) is 16.7 Å². The van der Waals surface area contributed by atoms with E-state index in [1.165, 1.54) is 13.0 Å². The fourth-order valence-corrected chi connectivity index (χ4v) is 3.12. The van der Waals surface area contributed by atoms with Crippen molar-refractivity contribution in [2.24, 2.45) is 0 Å². The molecule has 0 aliphatic rings. The number of sulfonamides is 1. The van der Waals surface area contributed by atoms with Crippen LogP contribution in [0, 0.1) is 28.7 Å². The fraction of sp³-hybridized carbons (Fsp3) is 0.0769. The quantitative estimate of drug-likeness (QED) is 0.664. The van der Waals surface area contributed by atoms with Gasteiger partial charge in [-0.3, -0.25) is 14.8 Å². The number of nitro benzene ring substituents is 1. The minimum absolute atomic E-state index is 0.0378. The van der Waals surface area contributed by atoms with E-state index in [4.69, 9.17) is 11.6 Å². The van der Waals surface area contributed by atoms with E-state index in [-0.39, 0.29) is 10.6 Å². The monoisotopic (exact) mass is 362 g/mol. The molecule has 10 heteroatoms. The number of nitro groups is 1. The first-order chi connectivity index (χ1) is 10.6. The van der Waals surface area contributed by atoms with E-state index in [0.717, 1.165) is 18.2 Å². The first-order valence-corrected chi connectivity index (χ1v) is 7.90. The van der Waals surface area contributed by atoms with Crippen molar-refractivity contribution in [3.05, 3.63) is 62.7 Å². The van der Waals surface area contributed by atoms with Crippen LogP contribution in [0.5, 0.6) is 0 Å². The molecule has 0 saturated heterocycles. The van der Waals surface area contributed by atoms with Crippen LogP contribution in [0.25, 0.3) is 0 Å². The van der Waals surface area contributed by atoms with E-state index in [1.807, 2.05) is 4.72 Å². The van der Waals surface area contributed by atoms with Gasteiger partial charge >= 0.3 is 0 Å². The Hall–Kier alpha value is -2.26. The Morgan fingerprint density at radius 3 is 2.39 bits per heavy atom.